The number of nitrogens with zero attached hydrogens (tertiary/aromatic N) is 3. The smallest absolute Gasteiger partial charge is 0.850 e. The zero-order chi connectivity index (χ0) is 65.3. The molecule has 5 aromatic carbocycles. The standard InChI is InChI=1S/C23H20N2O4.C16H12BrNO4.C9H7BrO2.C7H10BNO2.C7H6ClNO2.C4H9O.ClH.K/c24-13-15-3-1-4-17(9-15)20-11-16(10-18-6-8-28-22(18)20)14-29-23-19(12-21(26)27)5-2-7-25-23;17-13-7-10(6-11-3-5-21-15(11)13)9-22-16-12(8-14(19)20)2-1-4-18-16;10-8-4-6(5-11)3-7-1-2-12-9(7)8;9-5-6-2-1-3-7(4-6)8(10)11;8-7-5(4-6(10)11)2-1-3-9-7;1-4(2,3)5;;/h1-11H,12-14,24H2,(H,26,27);1-7H,8-9H2,(H,19,20);1-4,11H,5H2;1-4,10-11H,5,9H2;1-3H,4H2,(H,10,11);1-3H3;1H;/q;;;;;-1;;+1. The van der Waals surface area contributed by atoms with E-state index in [2.05, 4.69) is 46.8 Å². The Labute approximate surface area is 600 Å². The first-order valence-electron chi connectivity index (χ1n) is 27.5. The van der Waals surface area contributed by atoms with Gasteiger partial charge in [-0.15, -0.1) is 18.0 Å². The molecule has 0 aliphatic carbocycles. The molecule has 0 radical (unpaired) electrons. The molecule has 0 amide bonds. The first-order valence-corrected chi connectivity index (χ1v) is 29.4. The average Bonchev–Trinajstić information content (AvgIpc) is 1.56. The van der Waals surface area contributed by atoms with Gasteiger partial charge in [0.2, 0.25) is 11.8 Å². The summed E-state index contributed by atoms with van der Waals surface area (Å²) in [4.78, 5) is 44.2. The average molecular weight is 1450 g/mol. The van der Waals surface area contributed by atoms with E-state index in [0.717, 1.165) is 80.8 Å². The number of hydrogen-bond acceptors (Lipinski definition) is 17. The minimum Gasteiger partial charge on any atom is -0.850 e. The molecule has 11 aromatic rings. The van der Waals surface area contributed by atoms with Crippen molar-refractivity contribution in [1.29, 1.82) is 0 Å². The molecule has 20 nitrogen and oxygen atoms in total. The van der Waals surface area contributed by atoms with Crippen LogP contribution >= 0.6 is 55.9 Å². The zero-order valence-corrected chi connectivity index (χ0v) is 58.2. The molecule has 0 unspecified atom stereocenters. The number of aliphatic carboxylic acids is 3. The Morgan fingerprint density at radius 3 is 1.45 bits per heavy atom. The number of aromatic nitrogens is 3. The maximum absolute atomic E-state index is 11.1. The fourth-order valence-corrected chi connectivity index (χ4v) is 9.70. The predicted molar refractivity (Wildman–Crippen MR) is 355 cm³/mol. The van der Waals surface area contributed by atoms with Crippen LogP contribution in [0.25, 0.3) is 44.0 Å². The van der Waals surface area contributed by atoms with Crippen LogP contribution in [0.5, 0.6) is 11.8 Å². The van der Waals surface area contributed by atoms with E-state index in [1.165, 1.54) is 6.20 Å². The third kappa shape index (κ3) is 25.6. The summed E-state index contributed by atoms with van der Waals surface area (Å²) in [7, 11) is -1.40. The van der Waals surface area contributed by atoms with Crippen LogP contribution in [0.4, 0.5) is 0 Å². The van der Waals surface area contributed by atoms with Crippen LogP contribution in [0.2, 0.25) is 5.15 Å². The number of carbonyl (C=O) groups is 3. The van der Waals surface area contributed by atoms with Crippen molar-refractivity contribution in [2.75, 3.05) is 0 Å². The van der Waals surface area contributed by atoms with E-state index in [1.807, 2.05) is 84.9 Å². The fourth-order valence-electron chi connectivity index (χ4n) is 8.28. The number of pyridine rings is 3. The van der Waals surface area contributed by atoms with Gasteiger partial charge >= 0.3 is 76.4 Å². The number of furan rings is 3. The van der Waals surface area contributed by atoms with Crippen molar-refractivity contribution in [3.05, 3.63) is 236 Å². The van der Waals surface area contributed by atoms with Crippen molar-refractivity contribution >= 4 is 119 Å². The Morgan fingerprint density at radius 2 is 0.978 bits per heavy atom. The van der Waals surface area contributed by atoms with Crippen molar-refractivity contribution in [2.24, 2.45) is 11.5 Å². The number of aliphatic hydroxyl groups is 1. The number of rotatable bonds is 17. The van der Waals surface area contributed by atoms with Crippen LogP contribution < -0.4 is 82.9 Å². The molecule has 0 saturated heterocycles. The molecular weight excluding hydrogens is 1380 g/mol. The van der Waals surface area contributed by atoms with E-state index < -0.39 is 30.6 Å². The molecule has 0 atom stereocenters. The summed E-state index contributed by atoms with van der Waals surface area (Å²) >= 11 is 12.4. The van der Waals surface area contributed by atoms with Gasteiger partial charge in [-0.2, -0.15) is 0 Å². The van der Waals surface area contributed by atoms with E-state index in [1.54, 1.807) is 107 Å². The second kappa shape index (κ2) is 39.0. The van der Waals surface area contributed by atoms with Crippen molar-refractivity contribution < 1.29 is 124 Å². The molecule has 92 heavy (non-hydrogen) atoms. The van der Waals surface area contributed by atoms with Crippen molar-refractivity contribution in [1.82, 2.24) is 15.0 Å². The maximum Gasteiger partial charge on any atom is 1.00 e. The zero-order valence-electron chi connectivity index (χ0n) is 50.4. The first-order chi connectivity index (χ1) is 43.0. The van der Waals surface area contributed by atoms with Crippen LogP contribution in [0.1, 0.15) is 65.3 Å². The summed E-state index contributed by atoms with van der Waals surface area (Å²) in [6, 6.07) is 42.3. The molecule has 0 spiro atoms. The van der Waals surface area contributed by atoms with E-state index in [0.29, 0.717) is 53.6 Å². The van der Waals surface area contributed by atoms with Crippen LogP contribution in [-0.2, 0) is 66.6 Å². The minimum atomic E-state index is -1.40. The van der Waals surface area contributed by atoms with Gasteiger partial charge in [0.15, 0.2) is 0 Å². The van der Waals surface area contributed by atoms with E-state index >= 15 is 0 Å². The number of hydrogen-bond donors (Lipinski definition) is 8. The van der Waals surface area contributed by atoms with Gasteiger partial charge in [-0.3, -0.25) is 14.4 Å². The van der Waals surface area contributed by atoms with Crippen molar-refractivity contribution in [2.45, 2.75) is 78.5 Å². The molecule has 476 valence electrons. The van der Waals surface area contributed by atoms with Gasteiger partial charge in [-0.05, 0) is 150 Å². The Hall–Kier alpha value is -6.82. The largest absolute Gasteiger partial charge is 1.00 e. The number of carboxylic acids is 3. The summed E-state index contributed by atoms with van der Waals surface area (Å²) in [5.74, 6) is -2.08. The summed E-state index contributed by atoms with van der Waals surface area (Å²) in [5, 5.41) is 66.1. The van der Waals surface area contributed by atoms with Gasteiger partial charge in [0.25, 0.3) is 0 Å². The van der Waals surface area contributed by atoms with Crippen LogP contribution in [0, 0.1) is 0 Å². The van der Waals surface area contributed by atoms with Crippen LogP contribution in [-0.4, -0.2) is 76.1 Å². The number of halogens is 4. The first kappa shape index (κ1) is 77.6. The number of carboxylic acid groups (broad SMARTS) is 3. The van der Waals surface area contributed by atoms with E-state index in [-0.39, 0.29) is 101 Å². The number of aliphatic hydroxyl groups excluding tert-OH is 1. The third-order valence-corrected chi connectivity index (χ3v) is 13.7. The molecule has 0 aliphatic rings. The number of fused-ring (bicyclic) bond motifs is 3. The van der Waals surface area contributed by atoms with Gasteiger partial charge in [-0.25, -0.2) is 15.0 Å². The predicted octanol–water partition coefficient (Wildman–Crippen LogP) is 8.40. The molecule has 26 heteroatoms. The SMILES string of the molecule is CC(C)(C)[O-].Cl.NCc1cccc(-c2cc(COc3ncccc3CC(=O)O)cc3ccoc23)c1.NCc1cccc(B(O)O)c1.O=C(O)Cc1cccnc1Cl.O=C(O)Cc1cccnc1OCc1cc(Br)c2occc2c1.OCc1cc(Br)c2occc2c1.[K+]. The second-order valence-corrected chi connectivity index (χ2v) is 22.6. The summed E-state index contributed by atoms with van der Waals surface area (Å²) in [5.41, 5.74) is 21.6. The van der Waals surface area contributed by atoms with E-state index in [4.69, 9.17) is 76.3 Å². The van der Waals surface area contributed by atoms with Gasteiger partial charge in [0.1, 0.15) is 35.1 Å². The molecule has 0 saturated carbocycles. The number of nitrogens with two attached hydrogens (primary N) is 2. The Morgan fingerprint density at radius 1 is 0.565 bits per heavy atom. The maximum atomic E-state index is 11.1. The molecule has 11 rings (SSSR count). The second-order valence-electron chi connectivity index (χ2n) is 20.5. The summed E-state index contributed by atoms with van der Waals surface area (Å²) in [6.07, 6.45) is 9.28. The molecule has 6 heterocycles. The molecule has 6 aromatic heterocycles. The van der Waals surface area contributed by atoms with Crippen molar-refractivity contribution in [3.8, 4) is 22.9 Å². The van der Waals surface area contributed by atoms with Crippen molar-refractivity contribution in [3.63, 3.8) is 0 Å². The molecule has 0 fully saturated rings. The molecular formula is C66H65BBr2Cl2KN5O15. The number of benzene rings is 5. The summed E-state index contributed by atoms with van der Waals surface area (Å²) < 4.78 is 29.6. The Kier molecular flexibility index (Phi) is 32.9. The normalized spacial score (nSPS) is 10.4. The topological polar surface area (TPSA) is 344 Å². The molecule has 0 aliphatic heterocycles. The molecule has 0 bridgehead atoms. The monoisotopic (exact) mass is 1450 g/mol. The third-order valence-electron chi connectivity index (χ3n) is 12.2. The van der Waals surface area contributed by atoms with Crippen LogP contribution in [0.3, 0.4) is 0 Å². The number of ether oxygens (including phenoxy) is 2. The quantitative estimate of drug-likeness (QED) is 0.0313. The molecule has 10 N–H and O–H groups in total. The van der Waals surface area contributed by atoms with Gasteiger partial charge in [0.05, 0.1) is 53.6 Å². The van der Waals surface area contributed by atoms with E-state index in [9.17, 15) is 19.5 Å². The Bertz CT molecular complexity index is 4140. The Balaban J connectivity index is 0.000000253. The van der Waals surface area contributed by atoms with Gasteiger partial charge in [0, 0.05) is 70.1 Å². The van der Waals surface area contributed by atoms with Crippen LogP contribution in [0.15, 0.2) is 199 Å². The van der Waals surface area contributed by atoms with Gasteiger partial charge < -0.3 is 69.8 Å². The minimum absolute atomic E-state index is 0. The fraction of sp³-hybridized carbons (Fsp3) is 0.182. The summed E-state index contributed by atoms with van der Waals surface area (Å²) in [6.45, 7) is 6.38. The van der Waals surface area contributed by atoms with Gasteiger partial charge in [-0.1, -0.05) is 93.0 Å².